The molecule has 0 radical (unpaired) electrons. The monoisotopic (exact) mass is 248 g/mol. The summed E-state index contributed by atoms with van der Waals surface area (Å²) in [5, 5.41) is 17.8. The van der Waals surface area contributed by atoms with Gasteiger partial charge in [-0.3, -0.25) is 0 Å². The van der Waals surface area contributed by atoms with Crippen molar-refractivity contribution in [3.8, 4) is 16.6 Å². The summed E-state index contributed by atoms with van der Waals surface area (Å²) in [6.07, 6.45) is 1.21. The molecule has 0 amide bonds. The van der Waals surface area contributed by atoms with E-state index >= 15 is 0 Å². The van der Waals surface area contributed by atoms with E-state index in [1.165, 1.54) is 18.3 Å². The van der Waals surface area contributed by atoms with E-state index in [1.54, 1.807) is 0 Å². The number of aromatic nitrogens is 1. The molecule has 0 spiro atoms. The first-order valence-corrected chi connectivity index (χ1v) is 5.32. The lowest BCUT2D eigenvalue weighted by Crippen LogP contribution is -1.89. The Labute approximate surface area is 99.6 Å². The molecule has 0 unspecified atom stereocenters. The molecule has 17 heavy (non-hydrogen) atoms. The van der Waals surface area contributed by atoms with Crippen molar-refractivity contribution in [1.29, 1.82) is 5.26 Å². The van der Waals surface area contributed by atoms with Gasteiger partial charge < -0.3 is 5.11 Å². The van der Waals surface area contributed by atoms with Crippen molar-refractivity contribution in [2.24, 2.45) is 0 Å². The Hall–Kier alpha value is -2.26. The Morgan fingerprint density at radius 3 is 2.82 bits per heavy atom. The summed E-state index contributed by atoms with van der Waals surface area (Å²) in [5.41, 5.74) is 0.575. The number of nitriles is 1. The molecule has 0 atom stereocenters. The van der Waals surface area contributed by atoms with Gasteiger partial charge in [-0.05, 0) is 18.2 Å². The van der Waals surface area contributed by atoms with E-state index < -0.39 is 11.8 Å². The fourth-order valence-corrected chi connectivity index (χ4v) is 2.03. The van der Waals surface area contributed by atoms with Gasteiger partial charge in [-0.2, -0.15) is 5.26 Å². The van der Waals surface area contributed by atoms with Crippen LogP contribution in [0.4, 0.5) is 4.39 Å². The van der Waals surface area contributed by atoms with Gasteiger partial charge in [0.15, 0.2) is 0 Å². The number of halogens is 1. The van der Waals surface area contributed by atoms with Crippen LogP contribution in [0.5, 0.6) is 0 Å². The number of carboxylic acids is 1. The van der Waals surface area contributed by atoms with Crippen LogP contribution < -0.4 is 0 Å². The number of nitrogens with zero attached hydrogens (tertiary/aromatic N) is 2. The highest BCUT2D eigenvalue weighted by molar-refractivity contribution is 7.16. The van der Waals surface area contributed by atoms with Crippen LogP contribution in [0.1, 0.15) is 15.2 Å². The summed E-state index contributed by atoms with van der Waals surface area (Å²) in [6.45, 7) is 0. The van der Waals surface area contributed by atoms with E-state index in [0.29, 0.717) is 10.6 Å². The topological polar surface area (TPSA) is 74.0 Å². The van der Waals surface area contributed by atoms with Crippen LogP contribution >= 0.6 is 11.3 Å². The molecule has 2 rings (SSSR count). The third-order valence-corrected chi connectivity index (χ3v) is 3.02. The smallest absolute Gasteiger partial charge is 0.347 e. The molecule has 6 heteroatoms. The molecule has 0 aliphatic rings. The van der Waals surface area contributed by atoms with Crippen LogP contribution in [0.25, 0.3) is 10.6 Å². The average Bonchev–Trinajstić information content (AvgIpc) is 2.77. The standard InChI is InChI=1S/C11H5FN2O2S/c12-8-2-6(4-13)1-7(3-8)10-14-5-9(17-10)11(15)16/h1-3,5H,(H,15,16). The molecule has 0 saturated heterocycles. The van der Waals surface area contributed by atoms with Crippen molar-refractivity contribution in [3.05, 3.63) is 40.7 Å². The average molecular weight is 248 g/mol. The molecule has 0 aliphatic heterocycles. The van der Waals surface area contributed by atoms with E-state index in [9.17, 15) is 9.18 Å². The highest BCUT2D eigenvalue weighted by atomic mass is 32.1. The van der Waals surface area contributed by atoms with Gasteiger partial charge in [-0.1, -0.05) is 0 Å². The van der Waals surface area contributed by atoms with E-state index in [-0.39, 0.29) is 10.4 Å². The second-order valence-electron chi connectivity index (χ2n) is 3.18. The van der Waals surface area contributed by atoms with Crippen LogP contribution in [0.3, 0.4) is 0 Å². The van der Waals surface area contributed by atoms with Crippen molar-refractivity contribution >= 4 is 17.3 Å². The fourth-order valence-electron chi connectivity index (χ4n) is 1.28. The van der Waals surface area contributed by atoms with Gasteiger partial charge in [0.2, 0.25) is 0 Å². The highest BCUT2D eigenvalue weighted by Gasteiger charge is 2.11. The second-order valence-corrected chi connectivity index (χ2v) is 4.21. The molecular formula is C11H5FN2O2S. The van der Waals surface area contributed by atoms with E-state index in [0.717, 1.165) is 17.4 Å². The zero-order valence-corrected chi connectivity index (χ0v) is 9.16. The first-order chi connectivity index (χ1) is 8.10. The minimum Gasteiger partial charge on any atom is -0.477 e. The predicted octanol–water partition coefficient (Wildman–Crippen LogP) is 2.52. The lowest BCUT2D eigenvalue weighted by molar-refractivity contribution is 0.0702. The Balaban J connectivity index is 2.49. The van der Waals surface area contributed by atoms with Crippen molar-refractivity contribution < 1.29 is 14.3 Å². The van der Waals surface area contributed by atoms with Gasteiger partial charge in [0, 0.05) is 5.56 Å². The largest absolute Gasteiger partial charge is 0.477 e. The fraction of sp³-hybridized carbons (Fsp3) is 0. The number of thiazole rings is 1. The SMILES string of the molecule is N#Cc1cc(F)cc(-c2ncc(C(=O)O)s2)c1. The van der Waals surface area contributed by atoms with Gasteiger partial charge in [-0.15, -0.1) is 11.3 Å². The van der Waals surface area contributed by atoms with Crippen LogP contribution in [-0.2, 0) is 0 Å². The number of rotatable bonds is 2. The minimum absolute atomic E-state index is 0.0720. The molecule has 1 aromatic carbocycles. The molecule has 0 bridgehead atoms. The molecule has 0 aliphatic carbocycles. The van der Waals surface area contributed by atoms with Crippen LogP contribution in [-0.4, -0.2) is 16.1 Å². The number of benzene rings is 1. The maximum atomic E-state index is 13.2. The lowest BCUT2D eigenvalue weighted by atomic mass is 10.1. The predicted molar refractivity (Wildman–Crippen MR) is 59.2 cm³/mol. The van der Waals surface area contributed by atoms with Crippen molar-refractivity contribution in [3.63, 3.8) is 0 Å². The maximum absolute atomic E-state index is 13.2. The Bertz CT molecular complexity index is 631. The van der Waals surface area contributed by atoms with Gasteiger partial charge in [0.1, 0.15) is 15.7 Å². The zero-order valence-electron chi connectivity index (χ0n) is 8.35. The van der Waals surface area contributed by atoms with E-state index in [4.69, 9.17) is 10.4 Å². The first-order valence-electron chi connectivity index (χ1n) is 4.50. The maximum Gasteiger partial charge on any atom is 0.347 e. The highest BCUT2D eigenvalue weighted by Crippen LogP contribution is 2.26. The summed E-state index contributed by atoms with van der Waals surface area (Å²) in [7, 11) is 0. The molecule has 0 fully saturated rings. The van der Waals surface area contributed by atoms with Crippen molar-refractivity contribution in [2.75, 3.05) is 0 Å². The quantitative estimate of drug-likeness (QED) is 0.886. The normalized spacial score (nSPS) is 9.88. The molecule has 1 N–H and O–H groups in total. The molecule has 0 saturated carbocycles. The Kier molecular flexibility index (Phi) is 2.85. The van der Waals surface area contributed by atoms with Gasteiger partial charge in [0.05, 0.1) is 17.8 Å². The number of aromatic carboxylic acids is 1. The number of hydrogen-bond acceptors (Lipinski definition) is 4. The molecule has 1 heterocycles. The Morgan fingerprint density at radius 1 is 1.47 bits per heavy atom. The minimum atomic E-state index is -1.08. The summed E-state index contributed by atoms with van der Waals surface area (Å²) in [4.78, 5) is 14.6. The third-order valence-electron chi connectivity index (χ3n) is 1.99. The Morgan fingerprint density at radius 2 is 2.24 bits per heavy atom. The molecular weight excluding hydrogens is 243 g/mol. The van der Waals surface area contributed by atoms with Crippen molar-refractivity contribution in [1.82, 2.24) is 4.98 Å². The summed E-state index contributed by atoms with van der Waals surface area (Å²) >= 11 is 0.935. The van der Waals surface area contributed by atoms with Crippen LogP contribution in [0.2, 0.25) is 0 Å². The summed E-state index contributed by atoms with van der Waals surface area (Å²) in [5.74, 6) is -1.63. The van der Waals surface area contributed by atoms with Crippen LogP contribution in [0.15, 0.2) is 24.4 Å². The summed E-state index contributed by atoms with van der Waals surface area (Å²) < 4.78 is 13.2. The van der Waals surface area contributed by atoms with Crippen molar-refractivity contribution in [2.45, 2.75) is 0 Å². The number of hydrogen-bond donors (Lipinski definition) is 1. The molecule has 1 aromatic heterocycles. The van der Waals surface area contributed by atoms with Gasteiger partial charge in [0.25, 0.3) is 0 Å². The molecule has 2 aromatic rings. The van der Waals surface area contributed by atoms with E-state index in [1.807, 2.05) is 6.07 Å². The van der Waals surface area contributed by atoms with Gasteiger partial charge >= 0.3 is 5.97 Å². The first kappa shape index (κ1) is 11.2. The van der Waals surface area contributed by atoms with Crippen LogP contribution in [0, 0.1) is 17.1 Å². The van der Waals surface area contributed by atoms with E-state index in [2.05, 4.69) is 4.98 Å². The molecule has 4 nitrogen and oxygen atoms in total. The number of carbonyl (C=O) groups is 1. The number of carboxylic acid groups (broad SMARTS) is 1. The second kappa shape index (κ2) is 4.31. The lowest BCUT2D eigenvalue weighted by Gasteiger charge is -1.97. The summed E-state index contributed by atoms with van der Waals surface area (Å²) in [6, 6.07) is 5.61. The molecule has 84 valence electrons. The third kappa shape index (κ3) is 2.29. The zero-order chi connectivity index (χ0) is 12.4. The van der Waals surface area contributed by atoms with Gasteiger partial charge in [-0.25, -0.2) is 14.2 Å².